The number of hydrogen-bond donors (Lipinski definition) is 0. The maximum atomic E-state index is 12.9. The third-order valence-electron chi connectivity index (χ3n) is 5.09. The zero-order valence-electron chi connectivity index (χ0n) is 17.1. The van der Waals surface area contributed by atoms with Gasteiger partial charge in [0.05, 0.1) is 5.75 Å². The van der Waals surface area contributed by atoms with Gasteiger partial charge in [-0.3, -0.25) is 4.57 Å². The minimum Gasteiger partial charge on any atom is -0.492 e. The van der Waals surface area contributed by atoms with Crippen LogP contribution < -0.4 is 9.64 Å². The van der Waals surface area contributed by atoms with Crippen molar-refractivity contribution < 1.29 is 17.5 Å². The van der Waals surface area contributed by atoms with Gasteiger partial charge in [-0.05, 0) is 43.3 Å². The number of aryl methyl sites for hydroxylation is 1. The summed E-state index contributed by atoms with van der Waals surface area (Å²) < 4.78 is 46.9. The number of piperazine rings is 1. The third kappa shape index (κ3) is 5.00. The van der Waals surface area contributed by atoms with Gasteiger partial charge in [-0.25, -0.2) is 17.8 Å². The molecule has 0 saturated carbocycles. The first kappa shape index (κ1) is 21.2. The van der Waals surface area contributed by atoms with E-state index in [4.69, 9.17) is 4.74 Å². The van der Waals surface area contributed by atoms with E-state index in [-0.39, 0.29) is 18.2 Å². The smallest absolute Gasteiger partial charge is 0.217 e. The molecular weight excluding hydrogens is 423 g/mol. The number of sulfonamides is 1. The van der Waals surface area contributed by atoms with Crippen LogP contribution in [0.25, 0.3) is 5.82 Å². The SMILES string of the molecule is Cc1nccn1-c1ccc(N2CCN(S(=O)(=O)CCOc3ccc(F)cc3)CC2)nn1. The van der Waals surface area contributed by atoms with E-state index in [2.05, 4.69) is 15.2 Å². The molecule has 3 heterocycles. The first-order valence-corrected chi connectivity index (χ1v) is 11.5. The Morgan fingerprint density at radius 2 is 1.68 bits per heavy atom. The molecule has 11 heteroatoms. The number of rotatable bonds is 7. The molecule has 0 bridgehead atoms. The van der Waals surface area contributed by atoms with Crippen molar-refractivity contribution in [1.82, 2.24) is 24.1 Å². The number of hydrogen-bond acceptors (Lipinski definition) is 7. The van der Waals surface area contributed by atoms with Gasteiger partial charge in [-0.15, -0.1) is 10.2 Å². The Bertz CT molecular complexity index is 1110. The van der Waals surface area contributed by atoms with Gasteiger partial charge in [-0.1, -0.05) is 0 Å². The van der Waals surface area contributed by atoms with Gasteiger partial charge in [0.1, 0.15) is 24.0 Å². The number of benzene rings is 1. The summed E-state index contributed by atoms with van der Waals surface area (Å²) in [5, 5.41) is 8.55. The van der Waals surface area contributed by atoms with Gasteiger partial charge in [0, 0.05) is 38.6 Å². The molecule has 31 heavy (non-hydrogen) atoms. The molecule has 164 valence electrons. The van der Waals surface area contributed by atoms with Gasteiger partial charge in [-0.2, -0.15) is 4.31 Å². The highest BCUT2D eigenvalue weighted by Gasteiger charge is 2.27. The van der Waals surface area contributed by atoms with Crippen LogP contribution in [0.1, 0.15) is 5.82 Å². The molecule has 0 radical (unpaired) electrons. The van der Waals surface area contributed by atoms with Crippen molar-refractivity contribution in [2.75, 3.05) is 43.4 Å². The molecule has 0 atom stereocenters. The van der Waals surface area contributed by atoms with Crippen molar-refractivity contribution in [3.63, 3.8) is 0 Å². The quantitative estimate of drug-likeness (QED) is 0.545. The fourth-order valence-electron chi connectivity index (χ4n) is 3.36. The summed E-state index contributed by atoms with van der Waals surface area (Å²) in [5.41, 5.74) is 0. The van der Waals surface area contributed by atoms with E-state index in [0.717, 1.165) is 5.82 Å². The largest absolute Gasteiger partial charge is 0.492 e. The Labute approximate surface area is 180 Å². The fraction of sp³-hybridized carbons (Fsp3) is 0.350. The Morgan fingerprint density at radius 3 is 2.29 bits per heavy atom. The molecule has 0 N–H and O–H groups in total. The van der Waals surface area contributed by atoms with Crippen LogP contribution in [0, 0.1) is 12.7 Å². The highest BCUT2D eigenvalue weighted by molar-refractivity contribution is 7.89. The van der Waals surface area contributed by atoms with E-state index in [9.17, 15) is 12.8 Å². The summed E-state index contributed by atoms with van der Waals surface area (Å²) in [6, 6.07) is 9.24. The summed E-state index contributed by atoms with van der Waals surface area (Å²) in [6.07, 6.45) is 3.53. The first-order chi connectivity index (χ1) is 14.9. The summed E-state index contributed by atoms with van der Waals surface area (Å²) in [5.74, 6) is 2.15. The Balaban J connectivity index is 1.29. The predicted octanol–water partition coefficient (Wildman–Crippen LogP) is 1.64. The van der Waals surface area contributed by atoms with Crippen LogP contribution in [-0.4, -0.2) is 71.0 Å². The number of aromatic nitrogens is 4. The Hall–Kier alpha value is -3.05. The maximum Gasteiger partial charge on any atom is 0.217 e. The van der Waals surface area contributed by atoms with Crippen molar-refractivity contribution in [1.29, 1.82) is 0 Å². The van der Waals surface area contributed by atoms with Crippen LogP contribution in [0.15, 0.2) is 48.8 Å². The van der Waals surface area contributed by atoms with Crippen LogP contribution in [0.3, 0.4) is 0 Å². The second-order valence-corrected chi connectivity index (χ2v) is 9.19. The standard InChI is InChI=1S/C20H23FN6O3S/c1-16-22-8-9-27(16)20-7-6-19(23-24-20)25-10-12-26(13-11-25)31(28,29)15-14-30-18-4-2-17(21)3-5-18/h2-9H,10-15H2,1H3. The molecule has 0 amide bonds. The van der Waals surface area contributed by atoms with Gasteiger partial charge in [0.2, 0.25) is 10.0 Å². The minimum absolute atomic E-state index is 0.00871. The van der Waals surface area contributed by atoms with Crippen molar-refractivity contribution in [3.05, 3.63) is 60.4 Å². The van der Waals surface area contributed by atoms with E-state index in [1.807, 2.05) is 34.7 Å². The lowest BCUT2D eigenvalue weighted by Gasteiger charge is -2.34. The molecular formula is C20H23FN6O3S. The molecule has 2 aromatic heterocycles. The third-order valence-corrected chi connectivity index (χ3v) is 6.92. The van der Waals surface area contributed by atoms with Crippen LogP contribution in [-0.2, 0) is 10.0 Å². The van der Waals surface area contributed by atoms with E-state index in [0.29, 0.717) is 43.6 Å². The molecule has 1 aliphatic rings. The average Bonchev–Trinajstić information content (AvgIpc) is 3.21. The van der Waals surface area contributed by atoms with E-state index < -0.39 is 10.0 Å². The Morgan fingerprint density at radius 1 is 1.00 bits per heavy atom. The van der Waals surface area contributed by atoms with E-state index >= 15 is 0 Å². The number of ether oxygens (including phenoxy) is 1. The maximum absolute atomic E-state index is 12.9. The van der Waals surface area contributed by atoms with Gasteiger partial charge in [0.15, 0.2) is 11.6 Å². The second kappa shape index (κ2) is 8.98. The predicted molar refractivity (Wildman–Crippen MR) is 113 cm³/mol. The molecule has 9 nitrogen and oxygen atoms in total. The molecule has 0 spiro atoms. The number of anilines is 1. The molecule has 0 unspecified atom stereocenters. The summed E-state index contributed by atoms with van der Waals surface area (Å²) in [4.78, 5) is 6.19. The van der Waals surface area contributed by atoms with E-state index in [1.54, 1.807) is 6.20 Å². The summed E-state index contributed by atoms with van der Waals surface area (Å²) in [6.45, 7) is 3.67. The molecule has 1 aliphatic heterocycles. The molecule has 1 aromatic carbocycles. The average molecular weight is 447 g/mol. The molecule has 1 saturated heterocycles. The topological polar surface area (TPSA) is 93.5 Å². The first-order valence-electron chi connectivity index (χ1n) is 9.87. The van der Waals surface area contributed by atoms with E-state index in [1.165, 1.54) is 28.6 Å². The zero-order valence-corrected chi connectivity index (χ0v) is 17.9. The van der Waals surface area contributed by atoms with Gasteiger partial charge < -0.3 is 9.64 Å². The summed E-state index contributed by atoms with van der Waals surface area (Å²) in [7, 11) is -3.45. The van der Waals surface area contributed by atoms with Gasteiger partial charge in [0.25, 0.3) is 0 Å². The van der Waals surface area contributed by atoms with Crippen LogP contribution >= 0.6 is 0 Å². The molecule has 3 aromatic rings. The monoisotopic (exact) mass is 446 g/mol. The highest BCUT2D eigenvalue weighted by Crippen LogP contribution is 2.17. The van der Waals surface area contributed by atoms with Gasteiger partial charge >= 0.3 is 0 Å². The van der Waals surface area contributed by atoms with Crippen molar-refractivity contribution >= 4 is 15.8 Å². The highest BCUT2D eigenvalue weighted by atomic mass is 32.2. The molecule has 0 aliphatic carbocycles. The minimum atomic E-state index is -3.45. The normalized spacial score (nSPS) is 15.2. The van der Waals surface area contributed by atoms with Crippen molar-refractivity contribution in [2.24, 2.45) is 0 Å². The number of imidazole rings is 1. The van der Waals surface area contributed by atoms with Crippen LogP contribution in [0.5, 0.6) is 5.75 Å². The number of nitrogens with zero attached hydrogens (tertiary/aromatic N) is 6. The lowest BCUT2D eigenvalue weighted by atomic mass is 10.3. The van der Waals surface area contributed by atoms with Crippen molar-refractivity contribution in [3.8, 4) is 11.6 Å². The number of halogens is 1. The second-order valence-electron chi connectivity index (χ2n) is 7.10. The Kier molecular flexibility index (Phi) is 6.14. The fourth-order valence-corrected chi connectivity index (χ4v) is 4.63. The van der Waals surface area contributed by atoms with Crippen LogP contribution in [0.2, 0.25) is 0 Å². The van der Waals surface area contributed by atoms with Crippen molar-refractivity contribution in [2.45, 2.75) is 6.92 Å². The lowest BCUT2D eigenvalue weighted by Crippen LogP contribution is -2.50. The lowest BCUT2D eigenvalue weighted by molar-refractivity contribution is 0.330. The van der Waals surface area contributed by atoms with Crippen LogP contribution in [0.4, 0.5) is 10.2 Å². The summed E-state index contributed by atoms with van der Waals surface area (Å²) >= 11 is 0. The molecule has 1 fully saturated rings. The zero-order chi connectivity index (χ0) is 21.8. The molecule has 4 rings (SSSR count).